The summed E-state index contributed by atoms with van der Waals surface area (Å²) in [6.07, 6.45) is -0.0936. The van der Waals surface area contributed by atoms with E-state index < -0.39 is 10.0 Å². The summed E-state index contributed by atoms with van der Waals surface area (Å²) in [6, 6.07) is 0. The van der Waals surface area contributed by atoms with Crippen molar-refractivity contribution in [3.05, 3.63) is 16.1 Å². The lowest BCUT2D eigenvalue weighted by atomic mass is 10.3. The molecule has 0 aromatic carbocycles. The van der Waals surface area contributed by atoms with E-state index in [1.807, 2.05) is 26.2 Å². The Morgan fingerprint density at radius 3 is 2.59 bits per heavy atom. The Bertz CT molecular complexity index is 555. The van der Waals surface area contributed by atoms with Crippen molar-refractivity contribution in [2.45, 2.75) is 39.5 Å². The van der Waals surface area contributed by atoms with Crippen LogP contribution in [0, 0.1) is 6.92 Å². The maximum absolute atomic E-state index is 12.3. The third-order valence-corrected chi connectivity index (χ3v) is 5.92. The van der Waals surface area contributed by atoms with Gasteiger partial charge in [0.25, 0.3) is 0 Å². The normalized spacial score (nSPS) is 23.2. The van der Waals surface area contributed by atoms with Crippen LogP contribution in [0.5, 0.6) is 0 Å². The molecule has 1 fully saturated rings. The van der Waals surface area contributed by atoms with Gasteiger partial charge in [-0.2, -0.15) is 4.31 Å². The first-order valence-electron chi connectivity index (χ1n) is 7.12. The average Bonchev–Trinajstić information content (AvgIpc) is 2.79. The molecule has 2 unspecified atom stereocenters. The minimum atomic E-state index is -3.23. The van der Waals surface area contributed by atoms with Gasteiger partial charge in [0.15, 0.2) is 0 Å². The van der Waals surface area contributed by atoms with E-state index in [1.54, 1.807) is 15.6 Å². The topological polar surface area (TPSA) is 71.5 Å². The largest absolute Gasteiger partial charge is 0.373 e. The minimum Gasteiger partial charge on any atom is -0.373 e. The summed E-state index contributed by atoms with van der Waals surface area (Å²) >= 11 is 1.60. The summed E-state index contributed by atoms with van der Waals surface area (Å²) in [5, 5.41) is 6.15. The molecular weight excluding hydrogens is 346 g/mol. The van der Waals surface area contributed by atoms with Gasteiger partial charge in [0.2, 0.25) is 10.0 Å². The molecule has 1 aromatic heterocycles. The number of aryl methyl sites for hydroxylation is 1. The molecule has 0 amide bonds. The predicted molar refractivity (Wildman–Crippen MR) is 91.2 cm³/mol. The molecule has 9 heteroatoms. The van der Waals surface area contributed by atoms with Crippen LogP contribution in [-0.4, -0.2) is 55.3 Å². The highest BCUT2D eigenvalue weighted by Gasteiger charge is 2.30. The van der Waals surface area contributed by atoms with Crippen LogP contribution in [0.25, 0.3) is 0 Å². The van der Waals surface area contributed by atoms with Gasteiger partial charge >= 0.3 is 0 Å². The fraction of sp³-hybridized carbons (Fsp3) is 0.769. The quantitative estimate of drug-likeness (QED) is 0.767. The van der Waals surface area contributed by atoms with Crippen molar-refractivity contribution >= 4 is 33.8 Å². The predicted octanol–water partition coefficient (Wildman–Crippen LogP) is 1.40. The van der Waals surface area contributed by atoms with Gasteiger partial charge in [-0.1, -0.05) is 0 Å². The molecule has 0 bridgehead atoms. The molecule has 0 saturated carbocycles. The first kappa shape index (κ1) is 19.8. The van der Waals surface area contributed by atoms with E-state index in [-0.39, 0.29) is 30.4 Å². The van der Waals surface area contributed by atoms with E-state index in [9.17, 15) is 8.42 Å². The van der Waals surface area contributed by atoms with Crippen molar-refractivity contribution in [2.24, 2.45) is 0 Å². The number of sulfonamides is 1. The number of hydrogen-bond acceptors (Lipinski definition) is 6. The number of halogens is 1. The van der Waals surface area contributed by atoms with Crippen LogP contribution < -0.4 is 5.32 Å². The first-order valence-corrected chi connectivity index (χ1v) is 9.60. The van der Waals surface area contributed by atoms with E-state index >= 15 is 0 Å². The van der Waals surface area contributed by atoms with Crippen LogP contribution in [0.15, 0.2) is 5.38 Å². The monoisotopic (exact) mass is 369 g/mol. The average molecular weight is 370 g/mol. The lowest BCUT2D eigenvalue weighted by molar-refractivity contribution is -0.0440. The van der Waals surface area contributed by atoms with Gasteiger partial charge < -0.3 is 10.1 Å². The number of hydrogen-bond donors (Lipinski definition) is 1. The molecule has 0 radical (unpaired) electrons. The summed E-state index contributed by atoms with van der Waals surface area (Å²) in [6.45, 7) is 7.69. The first-order chi connectivity index (χ1) is 9.87. The van der Waals surface area contributed by atoms with Crippen LogP contribution >= 0.6 is 23.7 Å². The summed E-state index contributed by atoms with van der Waals surface area (Å²) in [5.74, 6) is 0.107. The molecule has 2 heterocycles. The molecule has 0 aliphatic carbocycles. The molecule has 0 spiro atoms. The zero-order valence-electron chi connectivity index (χ0n) is 13.1. The summed E-state index contributed by atoms with van der Waals surface area (Å²) in [5.41, 5.74) is 0.962. The standard InChI is InChI=1S/C13H23N3O3S2.ClH/c1-10-7-16(8-11(2)19-10)21(17,18)5-4-14-6-13-9-20-12(3)15-13;/h9-11,14H,4-8H2,1-3H3;1H. The van der Waals surface area contributed by atoms with Crippen LogP contribution in [0.1, 0.15) is 24.5 Å². The third-order valence-electron chi connectivity index (χ3n) is 3.29. The van der Waals surface area contributed by atoms with Crippen molar-refractivity contribution in [1.82, 2.24) is 14.6 Å². The van der Waals surface area contributed by atoms with E-state index in [4.69, 9.17) is 4.74 Å². The Morgan fingerprint density at radius 1 is 1.41 bits per heavy atom. The van der Waals surface area contributed by atoms with Gasteiger partial charge in [0.05, 0.1) is 28.7 Å². The van der Waals surface area contributed by atoms with Crippen LogP contribution in [0.4, 0.5) is 0 Å². The zero-order valence-corrected chi connectivity index (χ0v) is 15.6. The van der Waals surface area contributed by atoms with Gasteiger partial charge in [-0.25, -0.2) is 13.4 Å². The number of aromatic nitrogens is 1. The Morgan fingerprint density at radius 2 is 2.05 bits per heavy atom. The third kappa shape index (κ3) is 5.75. The number of ether oxygens (including phenoxy) is 1. The maximum atomic E-state index is 12.3. The highest BCUT2D eigenvalue weighted by molar-refractivity contribution is 7.89. The van der Waals surface area contributed by atoms with E-state index in [2.05, 4.69) is 10.3 Å². The van der Waals surface area contributed by atoms with E-state index in [1.165, 1.54) is 0 Å². The maximum Gasteiger partial charge on any atom is 0.215 e. The molecule has 6 nitrogen and oxygen atoms in total. The smallest absolute Gasteiger partial charge is 0.215 e. The zero-order chi connectivity index (χ0) is 15.5. The van der Waals surface area contributed by atoms with Crippen molar-refractivity contribution in [2.75, 3.05) is 25.4 Å². The van der Waals surface area contributed by atoms with Crippen molar-refractivity contribution in [3.8, 4) is 0 Å². The lowest BCUT2D eigenvalue weighted by Gasteiger charge is -2.34. The SMILES string of the molecule is Cc1nc(CNCCS(=O)(=O)N2CC(C)OC(C)C2)cs1.Cl. The fourth-order valence-electron chi connectivity index (χ4n) is 2.39. The highest BCUT2D eigenvalue weighted by Crippen LogP contribution is 2.14. The minimum absolute atomic E-state index is 0. The van der Waals surface area contributed by atoms with Gasteiger partial charge in [-0.05, 0) is 20.8 Å². The van der Waals surface area contributed by atoms with E-state index in [0.717, 1.165) is 10.7 Å². The number of nitrogens with zero attached hydrogens (tertiary/aromatic N) is 2. The Balaban J connectivity index is 0.00000242. The molecule has 2 rings (SSSR count). The van der Waals surface area contributed by atoms with Crippen molar-refractivity contribution in [3.63, 3.8) is 0 Å². The highest BCUT2D eigenvalue weighted by atomic mass is 35.5. The lowest BCUT2D eigenvalue weighted by Crippen LogP contribution is -2.49. The summed E-state index contributed by atoms with van der Waals surface area (Å²) in [7, 11) is -3.23. The second kappa shape index (κ2) is 8.56. The van der Waals surface area contributed by atoms with Crippen LogP contribution in [0.3, 0.4) is 0 Å². The fourth-order valence-corrected chi connectivity index (χ4v) is 4.54. The van der Waals surface area contributed by atoms with Crippen molar-refractivity contribution < 1.29 is 13.2 Å². The van der Waals surface area contributed by atoms with E-state index in [0.29, 0.717) is 26.2 Å². The van der Waals surface area contributed by atoms with Gasteiger partial charge in [-0.15, -0.1) is 23.7 Å². The summed E-state index contributed by atoms with van der Waals surface area (Å²) < 4.78 is 31.7. The molecular formula is C13H24ClN3O3S2. The number of rotatable bonds is 6. The second-order valence-corrected chi connectivity index (χ2v) is 8.58. The molecule has 1 saturated heterocycles. The summed E-state index contributed by atoms with van der Waals surface area (Å²) in [4.78, 5) is 4.33. The molecule has 1 aliphatic heterocycles. The molecule has 1 aliphatic rings. The van der Waals surface area contributed by atoms with Gasteiger partial charge in [0.1, 0.15) is 0 Å². The van der Waals surface area contributed by atoms with Gasteiger partial charge in [0, 0.05) is 31.6 Å². The second-order valence-electron chi connectivity index (χ2n) is 5.42. The molecule has 22 heavy (non-hydrogen) atoms. The van der Waals surface area contributed by atoms with Crippen molar-refractivity contribution in [1.29, 1.82) is 0 Å². The Labute approximate surface area is 142 Å². The molecule has 1 aromatic rings. The molecule has 2 atom stereocenters. The Kier molecular flexibility index (Phi) is 7.70. The number of morpholine rings is 1. The number of thiazole rings is 1. The van der Waals surface area contributed by atoms with Crippen LogP contribution in [-0.2, 0) is 21.3 Å². The van der Waals surface area contributed by atoms with Crippen LogP contribution in [0.2, 0.25) is 0 Å². The Hall–Kier alpha value is -0.250. The van der Waals surface area contributed by atoms with Gasteiger partial charge in [-0.3, -0.25) is 0 Å². The number of nitrogens with one attached hydrogen (secondary N) is 1. The molecule has 128 valence electrons. The molecule has 1 N–H and O–H groups in total.